The van der Waals surface area contributed by atoms with Gasteiger partial charge in [0.2, 0.25) is 0 Å². The van der Waals surface area contributed by atoms with Crippen LogP contribution >= 0.6 is 0 Å². The number of nitrogens with zero attached hydrogens (tertiary/aromatic N) is 1. The first-order valence-corrected chi connectivity index (χ1v) is 9.42. The van der Waals surface area contributed by atoms with Crippen molar-refractivity contribution in [2.75, 3.05) is 33.0 Å². The molecule has 0 radical (unpaired) electrons. The number of rotatable bonds is 13. The minimum Gasteiger partial charge on any atom is -0.373 e. The lowest BCUT2D eigenvalue weighted by Gasteiger charge is -2.38. The van der Waals surface area contributed by atoms with Gasteiger partial charge in [-0.15, -0.1) is 0 Å². The molecule has 0 bridgehead atoms. The fraction of sp³-hybridized carbons (Fsp3) is 1.00. The fourth-order valence-corrected chi connectivity index (χ4v) is 4.96. The molecule has 1 unspecified atom stereocenters. The van der Waals surface area contributed by atoms with Gasteiger partial charge in [0.1, 0.15) is 5.67 Å². The summed E-state index contributed by atoms with van der Waals surface area (Å²) in [4.78, 5) is 11.2. The summed E-state index contributed by atoms with van der Waals surface area (Å²) in [7, 11) is -2.89. The van der Waals surface area contributed by atoms with Crippen LogP contribution in [0.3, 0.4) is 0 Å². The summed E-state index contributed by atoms with van der Waals surface area (Å²) >= 11 is 0. The quantitative estimate of drug-likeness (QED) is 0.385. The Bertz CT molecular complexity index is 210. The third-order valence-corrected chi connectivity index (χ3v) is 6.11. The van der Waals surface area contributed by atoms with Crippen molar-refractivity contribution in [2.45, 2.75) is 53.6 Å². The molecule has 0 saturated heterocycles. The van der Waals surface area contributed by atoms with E-state index in [2.05, 4.69) is 6.92 Å². The fourth-order valence-electron chi connectivity index (χ4n) is 2.02. The molecule has 0 aromatic carbocycles. The Morgan fingerprint density at radius 2 is 1.10 bits per heavy atom. The van der Waals surface area contributed by atoms with E-state index in [4.69, 9.17) is 23.0 Å². The zero-order valence-corrected chi connectivity index (χ0v) is 14.8. The molecule has 0 spiro atoms. The van der Waals surface area contributed by atoms with Gasteiger partial charge in [0.25, 0.3) is 0 Å². The summed E-state index contributed by atoms with van der Waals surface area (Å²) in [5.74, 6) is 0. The molecule has 0 aromatic heterocycles. The lowest BCUT2D eigenvalue weighted by Crippen LogP contribution is -2.62. The Labute approximate surface area is 124 Å². The third kappa shape index (κ3) is 5.77. The normalized spacial score (nSPS) is 13.9. The van der Waals surface area contributed by atoms with E-state index in [1.807, 2.05) is 34.6 Å². The topological polar surface area (TPSA) is 49.4 Å². The molecule has 0 aliphatic heterocycles. The maximum atomic E-state index is 5.93. The second-order valence-corrected chi connectivity index (χ2v) is 6.69. The van der Waals surface area contributed by atoms with E-state index >= 15 is 0 Å². The van der Waals surface area contributed by atoms with E-state index in [9.17, 15) is 0 Å². The van der Waals surface area contributed by atoms with Crippen LogP contribution in [-0.4, -0.2) is 52.7 Å². The van der Waals surface area contributed by atoms with Crippen molar-refractivity contribution in [1.29, 1.82) is 0 Å². The molecule has 0 N–H and O–H groups in total. The average molecular weight is 309 g/mol. The molecular weight excluding hydrogens is 278 g/mol. The summed E-state index contributed by atoms with van der Waals surface area (Å²) in [5.41, 5.74) is -0.178. The minimum atomic E-state index is -2.89. The number of hydroxylamine groups is 2. The van der Waals surface area contributed by atoms with Crippen LogP contribution in [-0.2, 0) is 23.0 Å². The van der Waals surface area contributed by atoms with Crippen LogP contribution in [0.5, 0.6) is 0 Å². The summed E-state index contributed by atoms with van der Waals surface area (Å²) in [5, 5.41) is 1.51. The standard InChI is InChI=1S/C13H31NO5Si/c1-7-13(14(15-8-2)16-9-3)20(17-10-4,18-11-5)19-12-6/h13H,7-12H2,1-6H3. The first kappa shape index (κ1) is 20.0. The van der Waals surface area contributed by atoms with Gasteiger partial charge in [-0.05, 0) is 41.0 Å². The van der Waals surface area contributed by atoms with E-state index in [0.29, 0.717) is 33.0 Å². The van der Waals surface area contributed by atoms with E-state index in [1.165, 1.54) is 5.23 Å². The predicted molar refractivity (Wildman–Crippen MR) is 79.8 cm³/mol. The maximum Gasteiger partial charge on any atom is 0.524 e. The van der Waals surface area contributed by atoms with Gasteiger partial charge in [-0.25, -0.2) is 0 Å². The highest BCUT2D eigenvalue weighted by molar-refractivity contribution is 6.62. The van der Waals surface area contributed by atoms with Gasteiger partial charge in [0, 0.05) is 19.8 Å². The molecular formula is C13H31NO5Si. The molecule has 0 heterocycles. The van der Waals surface area contributed by atoms with Crippen molar-refractivity contribution in [2.24, 2.45) is 0 Å². The van der Waals surface area contributed by atoms with Crippen LogP contribution in [0.25, 0.3) is 0 Å². The van der Waals surface area contributed by atoms with Gasteiger partial charge < -0.3 is 13.3 Å². The van der Waals surface area contributed by atoms with Crippen molar-refractivity contribution in [3.63, 3.8) is 0 Å². The number of hydrogen-bond acceptors (Lipinski definition) is 6. The Kier molecular flexibility index (Phi) is 11.6. The zero-order valence-electron chi connectivity index (χ0n) is 13.8. The minimum absolute atomic E-state index is 0.178. The number of hydrogen-bond donors (Lipinski definition) is 0. The average Bonchev–Trinajstić information content (AvgIpc) is 2.41. The maximum absolute atomic E-state index is 5.93. The molecule has 0 saturated carbocycles. The van der Waals surface area contributed by atoms with Crippen molar-refractivity contribution in [3.05, 3.63) is 0 Å². The molecule has 0 aliphatic rings. The predicted octanol–water partition coefficient (Wildman–Crippen LogP) is 2.56. The van der Waals surface area contributed by atoms with Gasteiger partial charge in [-0.3, -0.25) is 9.68 Å². The summed E-state index contributed by atoms with van der Waals surface area (Å²) in [6.07, 6.45) is 0.756. The molecule has 6 nitrogen and oxygen atoms in total. The van der Waals surface area contributed by atoms with E-state index < -0.39 is 8.80 Å². The SMILES string of the molecule is CCON(OCC)C(CC)[Si](OCC)(OCC)OCC. The summed E-state index contributed by atoms with van der Waals surface area (Å²) < 4.78 is 17.8. The Morgan fingerprint density at radius 1 is 0.700 bits per heavy atom. The van der Waals surface area contributed by atoms with Gasteiger partial charge in [-0.2, -0.15) is 0 Å². The molecule has 0 amide bonds. The van der Waals surface area contributed by atoms with Crippen molar-refractivity contribution < 1.29 is 23.0 Å². The van der Waals surface area contributed by atoms with Crippen molar-refractivity contribution in [1.82, 2.24) is 5.23 Å². The highest BCUT2D eigenvalue weighted by Gasteiger charge is 2.52. The van der Waals surface area contributed by atoms with E-state index in [-0.39, 0.29) is 5.67 Å². The van der Waals surface area contributed by atoms with Crippen LogP contribution in [0.4, 0.5) is 0 Å². The lowest BCUT2D eigenvalue weighted by molar-refractivity contribution is -0.379. The second-order valence-electron chi connectivity index (χ2n) is 3.95. The second kappa shape index (κ2) is 11.6. The highest BCUT2D eigenvalue weighted by atomic mass is 28.4. The monoisotopic (exact) mass is 309 g/mol. The molecule has 1 atom stereocenters. The van der Waals surface area contributed by atoms with Gasteiger partial charge >= 0.3 is 8.80 Å². The van der Waals surface area contributed by atoms with Crippen LogP contribution in [0.1, 0.15) is 48.0 Å². The Morgan fingerprint density at radius 3 is 1.35 bits per heavy atom. The Balaban J connectivity index is 5.27. The largest absolute Gasteiger partial charge is 0.524 e. The first-order chi connectivity index (χ1) is 9.65. The van der Waals surface area contributed by atoms with Gasteiger partial charge in [-0.1, -0.05) is 12.2 Å². The first-order valence-electron chi connectivity index (χ1n) is 7.62. The Hall–Kier alpha value is -0.0231. The molecule has 0 rings (SSSR count). The molecule has 7 heteroatoms. The summed E-state index contributed by atoms with van der Waals surface area (Å²) in [6, 6.07) is 0. The van der Waals surface area contributed by atoms with Crippen molar-refractivity contribution in [3.8, 4) is 0 Å². The molecule has 0 fully saturated rings. The van der Waals surface area contributed by atoms with Gasteiger partial charge in [0.15, 0.2) is 0 Å². The smallest absolute Gasteiger partial charge is 0.373 e. The van der Waals surface area contributed by atoms with E-state index in [1.54, 1.807) is 0 Å². The van der Waals surface area contributed by atoms with Crippen molar-refractivity contribution >= 4 is 8.80 Å². The van der Waals surface area contributed by atoms with E-state index in [0.717, 1.165) is 6.42 Å². The third-order valence-electron chi connectivity index (χ3n) is 2.60. The van der Waals surface area contributed by atoms with Crippen LogP contribution in [0.15, 0.2) is 0 Å². The molecule has 20 heavy (non-hydrogen) atoms. The van der Waals surface area contributed by atoms with Gasteiger partial charge in [0.05, 0.1) is 13.2 Å². The molecule has 122 valence electrons. The van der Waals surface area contributed by atoms with Crippen LogP contribution < -0.4 is 0 Å². The highest BCUT2D eigenvalue weighted by Crippen LogP contribution is 2.23. The molecule has 0 aromatic rings. The zero-order chi connectivity index (χ0) is 15.4. The van der Waals surface area contributed by atoms with Crippen LogP contribution in [0, 0.1) is 0 Å². The van der Waals surface area contributed by atoms with Crippen LogP contribution in [0.2, 0.25) is 0 Å². The molecule has 0 aliphatic carbocycles. The lowest BCUT2D eigenvalue weighted by atomic mass is 10.5. The summed E-state index contributed by atoms with van der Waals surface area (Å²) in [6.45, 7) is 14.4.